The van der Waals surface area contributed by atoms with Crippen LogP contribution in [0.2, 0.25) is 0 Å². The molecule has 1 unspecified atom stereocenters. The maximum Gasteiger partial charge on any atom is 0.251 e. The van der Waals surface area contributed by atoms with E-state index in [1.807, 2.05) is 32.0 Å². The molecular formula is C21H25NO5S. The van der Waals surface area contributed by atoms with E-state index in [0.29, 0.717) is 30.3 Å². The number of hydrogen-bond donors (Lipinski definition) is 1. The van der Waals surface area contributed by atoms with Gasteiger partial charge in [0.05, 0.1) is 24.2 Å². The Morgan fingerprint density at radius 3 is 2.25 bits per heavy atom. The molecule has 150 valence electrons. The molecular weight excluding hydrogens is 378 g/mol. The fourth-order valence-corrected chi connectivity index (χ4v) is 3.72. The topological polar surface area (TPSA) is 81.7 Å². The van der Waals surface area contributed by atoms with Crippen molar-refractivity contribution in [3.63, 3.8) is 0 Å². The third-order valence-corrected chi connectivity index (χ3v) is 5.76. The summed E-state index contributed by atoms with van der Waals surface area (Å²) in [4.78, 5) is 12.9. The van der Waals surface area contributed by atoms with Crippen LogP contribution in [-0.2, 0) is 9.84 Å². The van der Waals surface area contributed by atoms with E-state index in [0.717, 1.165) is 18.2 Å². The van der Waals surface area contributed by atoms with Gasteiger partial charge in [0.2, 0.25) is 0 Å². The van der Waals surface area contributed by atoms with Crippen LogP contribution in [0.5, 0.6) is 11.5 Å². The first-order valence-electron chi connectivity index (χ1n) is 9.26. The number of fused-ring (bicyclic) bond motifs is 1. The highest BCUT2D eigenvalue weighted by Crippen LogP contribution is 2.34. The van der Waals surface area contributed by atoms with Crippen LogP contribution in [0, 0.1) is 5.92 Å². The molecule has 1 amide bonds. The lowest BCUT2D eigenvalue weighted by Crippen LogP contribution is -2.31. The number of carbonyl (C=O) groups is 1. The lowest BCUT2D eigenvalue weighted by atomic mass is 9.95. The molecule has 0 bridgehead atoms. The lowest BCUT2D eigenvalue weighted by Gasteiger charge is -2.24. The van der Waals surface area contributed by atoms with Gasteiger partial charge >= 0.3 is 0 Å². The Bertz CT molecular complexity index is 951. The number of benzene rings is 2. The van der Waals surface area contributed by atoms with E-state index in [-0.39, 0.29) is 22.8 Å². The minimum atomic E-state index is -3.29. The predicted octanol–water partition coefficient (Wildman–Crippen LogP) is 3.38. The number of nitrogens with one attached hydrogen (secondary N) is 1. The molecule has 1 aliphatic rings. The quantitative estimate of drug-likeness (QED) is 0.828. The third kappa shape index (κ3) is 4.65. The summed E-state index contributed by atoms with van der Waals surface area (Å²) in [5.74, 6) is 1.29. The first-order valence-corrected chi connectivity index (χ1v) is 11.2. The molecule has 7 heteroatoms. The molecule has 0 aromatic heterocycles. The molecule has 0 saturated heterocycles. The summed E-state index contributed by atoms with van der Waals surface area (Å²) in [5.41, 5.74) is 1.34. The zero-order valence-electron chi connectivity index (χ0n) is 16.3. The second-order valence-electron chi connectivity index (χ2n) is 7.25. The molecule has 1 atom stereocenters. The van der Waals surface area contributed by atoms with E-state index in [9.17, 15) is 13.2 Å². The predicted molar refractivity (Wildman–Crippen MR) is 107 cm³/mol. The molecule has 6 nitrogen and oxygen atoms in total. The van der Waals surface area contributed by atoms with Gasteiger partial charge in [-0.1, -0.05) is 19.9 Å². The van der Waals surface area contributed by atoms with Crippen LogP contribution in [-0.4, -0.2) is 33.8 Å². The Balaban J connectivity index is 1.81. The second kappa shape index (κ2) is 8.22. The second-order valence-corrected chi connectivity index (χ2v) is 9.26. The molecule has 1 aliphatic heterocycles. The molecule has 2 aromatic rings. The van der Waals surface area contributed by atoms with E-state index in [1.165, 1.54) is 24.3 Å². The highest BCUT2D eigenvalue weighted by Gasteiger charge is 2.22. The fourth-order valence-electron chi connectivity index (χ4n) is 3.09. The number of amides is 1. The Morgan fingerprint density at radius 2 is 1.64 bits per heavy atom. The normalized spacial score (nSPS) is 15.0. The van der Waals surface area contributed by atoms with Gasteiger partial charge in [-0.2, -0.15) is 0 Å². The van der Waals surface area contributed by atoms with Crippen molar-refractivity contribution in [1.29, 1.82) is 0 Å². The van der Waals surface area contributed by atoms with Gasteiger partial charge < -0.3 is 14.8 Å². The van der Waals surface area contributed by atoms with Gasteiger partial charge in [0.15, 0.2) is 21.3 Å². The molecule has 0 radical (unpaired) electrons. The number of rotatable bonds is 5. The molecule has 0 fully saturated rings. The van der Waals surface area contributed by atoms with Crippen molar-refractivity contribution in [3.8, 4) is 11.5 Å². The zero-order chi connectivity index (χ0) is 20.3. The average molecular weight is 404 g/mol. The van der Waals surface area contributed by atoms with Gasteiger partial charge in [0.1, 0.15) is 0 Å². The summed E-state index contributed by atoms with van der Waals surface area (Å²) in [6.07, 6.45) is 1.97. The number of hydrogen-bond acceptors (Lipinski definition) is 5. The van der Waals surface area contributed by atoms with Crippen molar-refractivity contribution < 1.29 is 22.7 Å². The average Bonchev–Trinajstić information content (AvgIpc) is 2.89. The fraction of sp³-hybridized carbons (Fsp3) is 0.381. The lowest BCUT2D eigenvalue weighted by molar-refractivity contribution is 0.0925. The van der Waals surface area contributed by atoms with Crippen molar-refractivity contribution in [2.45, 2.75) is 31.2 Å². The summed E-state index contributed by atoms with van der Waals surface area (Å²) in [6.45, 7) is 5.28. The summed E-state index contributed by atoms with van der Waals surface area (Å²) in [5, 5.41) is 3.04. The van der Waals surface area contributed by atoms with Crippen molar-refractivity contribution >= 4 is 15.7 Å². The van der Waals surface area contributed by atoms with Gasteiger partial charge in [0, 0.05) is 18.2 Å². The summed E-state index contributed by atoms with van der Waals surface area (Å²) in [7, 11) is -3.29. The van der Waals surface area contributed by atoms with Crippen molar-refractivity contribution in [2.24, 2.45) is 5.92 Å². The van der Waals surface area contributed by atoms with Crippen LogP contribution < -0.4 is 14.8 Å². The van der Waals surface area contributed by atoms with Crippen molar-refractivity contribution in [3.05, 3.63) is 53.6 Å². The highest BCUT2D eigenvalue weighted by molar-refractivity contribution is 7.90. The van der Waals surface area contributed by atoms with Crippen LogP contribution in [0.25, 0.3) is 0 Å². The van der Waals surface area contributed by atoms with Crippen LogP contribution >= 0.6 is 0 Å². The molecule has 0 spiro atoms. The van der Waals surface area contributed by atoms with Gasteiger partial charge in [-0.15, -0.1) is 0 Å². The van der Waals surface area contributed by atoms with Crippen LogP contribution in [0.4, 0.5) is 0 Å². The Morgan fingerprint density at radius 1 is 1.00 bits per heavy atom. The van der Waals surface area contributed by atoms with Gasteiger partial charge in [0.25, 0.3) is 5.91 Å². The first kappa shape index (κ1) is 20.2. The first-order chi connectivity index (χ1) is 13.3. The van der Waals surface area contributed by atoms with Crippen LogP contribution in [0.1, 0.15) is 42.2 Å². The van der Waals surface area contributed by atoms with E-state index in [1.54, 1.807) is 0 Å². The molecule has 3 rings (SSSR count). The summed E-state index contributed by atoms with van der Waals surface area (Å²) in [6, 6.07) is 11.4. The Hall–Kier alpha value is -2.54. The van der Waals surface area contributed by atoms with Crippen LogP contribution in [0.3, 0.4) is 0 Å². The molecule has 2 aromatic carbocycles. The van der Waals surface area contributed by atoms with Crippen LogP contribution in [0.15, 0.2) is 47.4 Å². The standard InChI is InChI=1S/C21H25NO5S/c1-14(2)20(16-7-10-18-19(13-16)27-12-4-11-26-18)22-21(23)15-5-8-17(9-6-15)28(3,24)25/h5-10,13-14,20H,4,11-12H2,1-3H3,(H,22,23). The number of ether oxygens (including phenoxy) is 2. The largest absolute Gasteiger partial charge is 0.490 e. The van der Waals surface area contributed by atoms with Gasteiger partial charge in [-0.3, -0.25) is 4.79 Å². The minimum Gasteiger partial charge on any atom is -0.490 e. The maximum atomic E-state index is 12.7. The van der Waals surface area contributed by atoms with E-state index < -0.39 is 9.84 Å². The van der Waals surface area contributed by atoms with E-state index >= 15 is 0 Å². The molecule has 0 aliphatic carbocycles. The summed E-state index contributed by atoms with van der Waals surface area (Å²) >= 11 is 0. The van der Waals surface area contributed by atoms with Crippen molar-refractivity contribution in [1.82, 2.24) is 5.32 Å². The Labute approximate surface area is 165 Å². The monoisotopic (exact) mass is 403 g/mol. The SMILES string of the molecule is CC(C)C(NC(=O)c1ccc(S(C)(=O)=O)cc1)c1ccc2c(c1)OCCCO2. The van der Waals surface area contributed by atoms with E-state index in [4.69, 9.17) is 9.47 Å². The maximum absolute atomic E-state index is 12.7. The third-order valence-electron chi connectivity index (χ3n) is 4.63. The minimum absolute atomic E-state index is 0.143. The molecule has 1 N–H and O–H groups in total. The van der Waals surface area contributed by atoms with E-state index in [2.05, 4.69) is 5.32 Å². The highest BCUT2D eigenvalue weighted by atomic mass is 32.2. The number of carbonyl (C=O) groups excluding carboxylic acids is 1. The summed E-state index contributed by atoms with van der Waals surface area (Å²) < 4.78 is 34.6. The Kier molecular flexibility index (Phi) is 5.93. The molecule has 1 heterocycles. The zero-order valence-corrected chi connectivity index (χ0v) is 17.1. The number of sulfone groups is 1. The van der Waals surface area contributed by atoms with Gasteiger partial charge in [-0.05, 0) is 47.9 Å². The van der Waals surface area contributed by atoms with Gasteiger partial charge in [-0.25, -0.2) is 8.42 Å². The molecule has 0 saturated carbocycles. The smallest absolute Gasteiger partial charge is 0.251 e. The molecule has 28 heavy (non-hydrogen) atoms. The van der Waals surface area contributed by atoms with Crippen molar-refractivity contribution in [2.75, 3.05) is 19.5 Å².